The van der Waals surface area contributed by atoms with Gasteiger partial charge in [0.15, 0.2) is 0 Å². The Labute approximate surface area is 162 Å². The van der Waals surface area contributed by atoms with Crippen molar-refractivity contribution in [2.24, 2.45) is 0 Å². The summed E-state index contributed by atoms with van der Waals surface area (Å²) in [5.74, 6) is -0.0700. The van der Waals surface area contributed by atoms with E-state index in [0.29, 0.717) is 48.2 Å². The van der Waals surface area contributed by atoms with Crippen LogP contribution in [0.1, 0.15) is 37.8 Å². The van der Waals surface area contributed by atoms with Crippen molar-refractivity contribution in [3.8, 4) is 0 Å². The van der Waals surface area contributed by atoms with Crippen molar-refractivity contribution >= 4 is 22.5 Å². The van der Waals surface area contributed by atoms with Crippen LogP contribution >= 0.6 is 0 Å². The fraction of sp³-hybridized carbons (Fsp3) is 0.450. The summed E-state index contributed by atoms with van der Waals surface area (Å²) in [5.41, 5.74) is 1.60. The second-order valence-corrected chi connectivity index (χ2v) is 8.10. The molecule has 0 bridgehead atoms. The molecular formula is C20H26FN3O2S. The first-order valence-corrected chi connectivity index (χ1v) is 10.3. The van der Waals surface area contributed by atoms with Crippen LogP contribution in [0.2, 0.25) is 0 Å². The summed E-state index contributed by atoms with van der Waals surface area (Å²) in [5, 5.41) is 8.89. The number of nitrogens with one attached hydrogen (secondary N) is 2. The number of halogens is 1. The smallest absolute Gasteiger partial charge is 0.149 e. The van der Waals surface area contributed by atoms with Crippen LogP contribution in [0, 0.1) is 11.2 Å². The van der Waals surface area contributed by atoms with E-state index in [1.165, 1.54) is 18.2 Å². The van der Waals surface area contributed by atoms with Crippen molar-refractivity contribution in [3.63, 3.8) is 0 Å². The van der Waals surface area contributed by atoms with Gasteiger partial charge in [-0.1, -0.05) is 25.7 Å². The minimum Gasteiger partial charge on any atom is -0.377 e. The molecule has 2 fully saturated rings. The zero-order valence-corrected chi connectivity index (χ0v) is 16.6. The number of morpholine rings is 1. The monoisotopic (exact) mass is 391 g/mol. The summed E-state index contributed by atoms with van der Waals surface area (Å²) in [4.78, 5) is 2.58. The summed E-state index contributed by atoms with van der Waals surface area (Å²) < 4.78 is 35.3. The van der Waals surface area contributed by atoms with Gasteiger partial charge in [-0.15, -0.1) is 0 Å². The molecule has 1 aliphatic carbocycles. The SMILES string of the molecule is C=C/C(=C\C)S(=O)Nc1cc(F)cc(CC)c1C(=N)N1CCOCC12CC2. The Morgan fingerprint density at radius 2 is 2.26 bits per heavy atom. The van der Waals surface area contributed by atoms with E-state index in [1.54, 1.807) is 13.0 Å². The first kappa shape index (κ1) is 19.8. The summed E-state index contributed by atoms with van der Waals surface area (Å²) in [6.45, 7) is 9.19. The molecule has 1 spiro atoms. The van der Waals surface area contributed by atoms with E-state index in [-0.39, 0.29) is 5.54 Å². The Kier molecular flexibility index (Phi) is 5.81. The third kappa shape index (κ3) is 3.84. The van der Waals surface area contributed by atoms with Crippen LogP contribution < -0.4 is 4.72 Å². The summed E-state index contributed by atoms with van der Waals surface area (Å²) in [6.07, 6.45) is 5.77. The van der Waals surface area contributed by atoms with Crippen LogP contribution in [-0.4, -0.2) is 40.2 Å². The normalized spacial score (nSPS) is 19.7. The Balaban J connectivity index is 2.01. The number of hydrogen-bond acceptors (Lipinski definition) is 3. The minimum absolute atomic E-state index is 0.110. The highest BCUT2D eigenvalue weighted by atomic mass is 32.2. The Morgan fingerprint density at radius 3 is 2.85 bits per heavy atom. The molecule has 1 saturated heterocycles. The van der Waals surface area contributed by atoms with Gasteiger partial charge < -0.3 is 14.4 Å². The quantitative estimate of drug-likeness (QED) is 0.441. The number of amidine groups is 1. The number of nitrogens with zero attached hydrogens (tertiary/aromatic N) is 1. The maximum Gasteiger partial charge on any atom is 0.149 e. The van der Waals surface area contributed by atoms with E-state index in [4.69, 9.17) is 10.1 Å². The third-order valence-corrected chi connectivity index (χ3v) is 6.44. The third-order valence-electron chi connectivity index (χ3n) is 5.20. The van der Waals surface area contributed by atoms with Crippen LogP contribution in [0.4, 0.5) is 10.1 Å². The first-order chi connectivity index (χ1) is 13.0. The van der Waals surface area contributed by atoms with Gasteiger partial charge in [0.25, 0.3) is 0 Å². The van der Waals surface area contributed by atoms with Crippen molar-refractivity contribution in [1.82, 2.24) is 4.90 Å². The molecule has 0 aromatic heterocycles. The molecule has 1 aliphatic heterocycles. The number of rotatable bonds is 6. The lowest BCUT2D eigenvalue weighted by atomic mass is 9.99. The highest BCUT2D eigenvalue weighted by Crippen LogP contribution is 2.45. The molecule has 1 unspecified atom stereocenters. The Morgan fingerprint density at radius 1 is 1.52 bits per heavy atom. The number of anilines is 1. The lowest BCUT2D eigenvalue weighted by Crippen LogP contribution is -2.51. The number of benzene rings is 1. The summed E-state index contributed by atoms with van der Waals surface area (Å²) in [6, 6.07) is 2.78. The summed E-state index contributed by atoms with van der Waals surface area (Å²) >= 11 is 0. The van der Waals surface area contributed by atoms with Gasteiger partial charge in [-0.25, -0.2) is 8.60 Å². The van der Waals surface area contributed by atoms with Crippen LogP contribution in [0.3, 0.4) is 0 Å². The maximum absolute atomic E-state index is 14.2. The number of hydrogen-bond donors (Lipinski definition) is 2. The van der Waals surface area contributed by atoms with Crippen LogP contribution in [0.25, 0.3) is 0 Å². The van der Waals surface area contributed by atoms with Crippen molar-refractivity contribution in [3.05, 3.63) is 52.7 Å². The number of aryl methyl sites for hydroxylation is 1. The van der Waals surface area contributed by atoms with Gasteiger partial charge in [-0.3, -0.25) is 5.41 Å². The first-order valence-electron chi connectivity index (χ1n) is 9.19. The minimum atomic E-state index is -1.58. The topological polar surface area (TPSA) is 65.4 Å². The molecule has 0 amide bonds. The molecule has 1 aromatic carbocycles. The Bertz CT molecular complexity index is 818. The van der Waals surface area contributed by atoms with E-state index in [2.05, 4.69) is 16.2 Å². The molecular weight excluding hydrogens is 365 g/mol. The van der Waals surface area contributed by atoms with Crippen molar-refractivity contribution in [2.45, 2.75) is 38.6 Å². The molecule has 2 aliphatic rings. The van der Waals surface area contributed by atoms with Gasteiger partial charge in [-0.2, -0.15) is 0 Å². The predicted octanol–water partition coefficient (Wildman–Crippen LogP) is 3.74. The fourth-order valence-corrected chi connectivity index (χ4v) is 4.38. The molecule has 2 N–H and O–H groups in total. The number of ether oxygens (including phenoxy) is 1. The molecule has 146 valence electrons. The average Bonchev–Trinajstić information content (AvgIpc) is 3.41. The second-order valence-electron chi connectivity index (χ2n) is 6.88. The van der Waals surface area contributed by atoms with Gasteiger partial charge in [0, 0.05) is 12.1 Å². The van der Waals surface area contributed by atoms with E-state index in [9.17, 15) is 8.60 Å². The molecule has 0 radical (unpaired) electrons. The Hall–Kier alpha value is -1.99. The lowest BCUT2D eigenvalue weighted by Gasteiger charge is -2.38. The molecule has 1 aromatic rings. The van der Waals surface area contributed by atoms with Gasteiger partial charge in [0.05, 0.1) is 29.3 Å². The fourth-order valence-electron chi connectivity index (χ4n) is 3.54. The van der Waals surface area contributed by atoms with Gasteiger partial charge in [0.2, 0.25) is 0 Å². The van der Waals surface area contributed by atoms with Crippen LogP contribution in [0.15, 0.2) is 35.8 Å². The zero-order valence-electron chi connectivity index (χ0n) is 15.8. The standard InChI is InChI=1S/C20H26FN3O2S/c1-4-14-11-15(21)12-17(23-27(25)16(5-2)6-3)18(14)19(22)24-9-10-26-13-20(24)7-8-20/h5-6,11-12,22-23H,2,4,7-10,13H2,1,3H3/b16-6+,22-19?. The predicted molar refractivity (Wildman–Crippen MR) is 108 cm³/mol. The highest BCUT2D eigenvalue weighted by Gasteiger charge is 2.51. The molecule has 1 atom stereocenters. The maximum atomic E-state index is 14.2. The lowest BCUT2D eigenvalue weighted by molar-refractivity contribution is 0.0147. The van der Waals surface area contributed by atoms with E-state index < -0.39 is 16.8 Å². The van der Waals surface area contributed by atoms with Gasteiger partial charge >= 0.3 is 0 Å². The summed E-state index contributed by atoms with van der Waals surface area (Å²) in [7, 11) is -1.58. The second kappa shape index (κ2) is 7.94. The van der Waals surface area contributed by atoms with E-state index in [0.717, 1.165) is 18.4 Å². The van der Waals surface area contributed by atoms with E-state index >= 15 is 0 Å². The van der Waals surface area contributed by atoms with Crippen molar-refractivity contribution in [1.29, 1.82) is 5.41 Å². The molecule has 1 saturated carbocycles. The van der Waals surface area contributed by atoms with Gasteiger partial charge in [-0.05, 0) is 43.9 Å². The largest absolute Gasteiger partial charge is 0.377 e. The van der Waals surface area contributed by atoms with Crippen molar-refractivity contribution in [2.75, 3.05) is 24.5 Å². The van der Waals surface area contributed by atoms with Crippen LogP contribution in [0.5, 0.6) is 0 Å². The number of allylic oxidation sites excluding steroid dienone is 2. The zero-order chi connectivity index (χ0) is 19.6. The average molecular weight is 392 g/mol. The highest BCUT2D eigenvalue weighted by molar-refractivity contribution is 7.90. The molecule has 27 heavy (non-hydrogen) atoms. The van der Waals surface area contributed by atoms with E-state index in [1.807, 2.05) is 6.92 Å². The molecule has 5 nitrogen and oxygen atoms in total. The van der Waals surface area contributed by atoms with Gasteiger partial charge in [0.1, 0.15) is 22.6 Å². The molecule has 7 heteroatoms. The molecule has 1 heterocycles. The van der Waals surface area contributed by atoms with Crippen molar-refractivity contribution < 1.29 is 13.3 Å². The molecule has 3 rings (SSSR count). The van der Waals surface area contributed by atoms with Crippen LogP contribution in [-0.2, 0) is 22.1 Å².